The third-order valence-electron chi connectivity index (χ3n) is 10.9. The molecule has 0 bridgehead atoms. The average Bonchev–Trinajstić information content (AvgIpc) is 3.85. The zero-order chi connectivity index (χ0) is 38.9. The molecule has 0 atom stereocenters. The van der Waals surface area contributed by atoms with Gasteiger partial charge in [0.1, 0.15) is 45.6 Å². The fraction of sp³-hybridized carbons (Fsp3) is 0.0816. The Labute approximate surface area is 325 Å². The predicted octanol–water partition coefficient (Wildman–Crippen LogP) is 12.8. The lowest BCUT2D eigenvalue weighted by Gasteiger charge is -2.12. The number of carbonyl (C=O) groups is 1. The number of furan rings is 2. The topological polar surface area (TPSA) is 80.3 Å². The van der Waals surface area contributed by atoms with Crippen molar-refractivity contribution in [3.63, 3.8) is 0 Å². The molecule has 0 saturated heterocycles. The van der Waals surface area contributed by atoms with Crippen LogP contribution in [0.5, 0.6) is 23.0 Å². The molecule has 8 heteroatoms. The van der Waals surface area contributed by atoms with E-state index >= 15 is 4.39 Å². The summed E-state index contributed by atoms with van der Waals surface area (Å²) in [7, 11) is 6.32. The molecule has 0 spiro atoms. The average molecular weight is 753 g/mol. The van der Waals surface area contributed by atoms with Crippen LogP contribution in [0.4, 0.5) is 4.39 Å². The van der Waals surface area contributed by atoms with Crippen molar-refractivity contribution in [3.05, 3.63) is 133 Å². The van der Waals surface area contributed by atoms with Gasteiger partial charge in [-0.3, -0.25) is 4.79 Å². The number of halogens is 1. The third kappa shape index (κ3) is 5.21. The molecule has 0 unspecified atom stereocenters. The van der Waals surface area contributed by atoms with Crippen molar-refractivity contribution in [1.29, 1.82) is 0 Å². The Kier molecular flexibility index (Phi) is 7.90. The molecule has 0 radical (unpaired) electrons. The highest BCUT2D eigenvalue weighted by Gasteiger charge is 2.25. The Morgan fingerprint density at radius 2 is 1.16 bits per heavy atom. The highest BCUT2D eigenvalue weighted by molar-refractivity contribution is 6.27. The fourth-order valence-corrected chi connectivity index (χ4v) is 8.36. The Morgan fingerprint density at radius 3 is 1.93 bits per heavy atom. The van der Waals surface area contributed by atoms with Crippen LogP contribution in [0.3, 0.4) is 0 Å². The summed E-state index contributed by atoms with van der Waals surface area (Å²) in [5.41, 5.74) is 7.17. The molecule has 0 N–H and O–H groups in total. The van der Waals surface area contributed by atoms with Gasteiger partial charge in [-0.05, 0) is 80.2 Å². The molecule has 10 rings (SSSR count). The number of rotatable bonds is 8. The van der Waals surface area contributed by atoms with Gasteiger partial charge in [0.2, 0.25) is 0 Å². The van der Waals surface area contributed by atoms with Gasteiger partial charge in [0.15, 0.2) is 11.9 Å². The Balaban J connectivity index is 1.23. The van der Waals surface area contributed by atoms with Gasteiger partial charge in [0.05, 0.1) is 44.8 Å². The van der Waals surface area contributed by atoms with Crippen molar-refractivity contribution in [2.24, 2.45) is 0 Å². The van der Waals surface area contributed by atoms with E-state index in [0.717, 1.165) is 66.2 Å². The maximum Gasteiger partial charge on any atom is 0.157 e. The lowest BCUT2D eigenvalue weighted by atomic mass is 9.91. The summed E-state index contributed by atoms with van der Waals surface area (Å²) in [4.78, 5) is 12.5. The molecule has 0 amide bonds. The number of ether oxygens (including phenoxy) is 4. The van der Waals surface area contributed by atoms with Gasteiger partial charge in [0.25, 0.3) is 0 Å². The van der Waals surface area contributed by atoms with Crippen molar-refractivity contribution in [1.82, 2.24) is 0 Å². The molecule has 0 aliphatic carbocycles. The number of hydrogen-bond acceptors (Lipinski definition) is 7. The second-order valence-corrected chi connectivity index (χ2v) is 13.9. The van der Waals surface area contributed by atoms with E-state index in [1.165, 1.54) is 7.11 Å². The van der Waals surface area contributed by atoms with E-state index in [1.54, 1.807) is 39.5 Å². The number of aldehydes is 1. The van der Waals surface area contributed by atoms with Crippen LogP contribution in [0.1, 0.15) is 10.4 Å². The second kappa shape index (κ2) is 13.2. The molecular formula is C49H33FO7. The Bertz CT molecular complexity index is 3270. The largest absolute Gasteiger partial charge is 0.496 e. The number of carbonyl (C=O) groups excluding carboxylic acids is 1. The quantitative estimate of drug-likeness (QED) is 0.143. The molecule has 2 aromatic heterocycles. The van der Waals surface area contributed by atoms with Crippen LogP contribution in [0.2, 0.25) is 0 Å². The Hall–Kier alpha value is -7.32. The van der Waals surface area contributed by atoms with Gasteiger partial charge in [-0.1, -0.05) is 66.7 Å². The lowest BCUT2D eigenvalue weighted by molar-refractivity contribution is 0.112. The predicted molar refractivity (Wildman–Crippen MR) is 224 cm³/mol. The number of benzene rings is 8. The molecule has 278 valence electrons. The van der Waals surface area contributed by atoms with E-state index in [4.69, 9.17) is 27.8 Å². The van der Waals surface area contributed by atoms with Gasteiger partial charge in [0, 0.05) is 40.1 Å². The maximum atomic E-state index is 16.0. The SMILES string of the molecule is COc1cc(OC)c2c(c1)oc1c(-c3cc(F)cc(-c4ccc5c(c4)cc(-c4ccccc4)c4oc6c(C=O)c(OC)cc(OC)c6c45)c3)cc3ccccc3c12. The van der Waals surface area contributed by atoms with E-state index in [1.807, 2.05) is 84.9 Å². The molecule has 10 aromatic rings. The van der Waals surface area contributed by atoms with E-state index in [2.05, 4.69) is 18.2 Å². The van der Waals surface area contributed by atoms with Gasteiger partial charge in [-0.2, -0.15) is 0 Å². The van der Waals surface area contributed by atoms with Crippen LogP contribution >= 0.6 is 0 Å². The summed E-state index contributed by atoms with van der Waals surface area (Å²) < 4.78 is 52.0. The fourth-order valence-electron chi connectivity index (χ4n) is 8.36. The van der Waals surface area contributed by atoms with Crippen LogP contribution in [-0.4, -0.2) is 34.7 Å². The first-order chi connectivity index (χ1) is 27.9. The highest BCUT2D eigenvalue weighted by Crippen LogP contribution is 2.49. The van der Waals surface area contributed by atoms with Gasteiger partial charge in [-0.25, -0.2) is 4.39 Å². The summed E-state index contributed by atoms with van der Waals surface area (Å²) >= 11 is 0. The number of methoxy groups -OCH3 is 4. The molecule has 0 saturated carbocycles. The molecule has 7 nitrogen and oxygen atoms in total. The summed E-state index contributed by atoms with van der Waals surface area (Å²) in [6.45, 7) is 0. The summed E-state index contributed by atoms with van der Waals surface area (Å²) in [5, 5.41) is 6.91. The Morgan fingerprint density at radius 1 is 0.491 bits per heavy atom. The van der Waals surface area contributed by atoms with Gasteiger partial charge in [-0.15, -0.1) is 0 Å². The zero-order valence-electron chi connectivity index (χ0n) is 31.4. The molecule has 0 aliphatic heterocycles. The molecule has 8 aromatic carbocycles. The maximum absolute atomic E-state index is 16.0. The summed E-state index contributed by atoms with van der Waals surface area (Å²) in [6, 6.07) is 38.7. The van der Waals surface area contributed by atoms with Crippen molar-refractivity contribution in [2.75, 3.05) is 28.4 Å². The molecule has 2 heterocycles. The first-order valence-corrected chi connectivity index (χ1v) is 18.3. The van der Waals surface area contributed by atoms with Crippen molar-refractivity contribution < 1.29 is 37.0 Å². The van der Waals surface area contributed by atoms with Crippen molar-refractivity contribution >= 4 is 71.7 Å². The molecule has 0 fully saturated rings. The van der Waals surface area contributed by atoms with E-state index in [9.17, 15) is 4.79 Å². The van der Waals surface area contributed by atoms with Crippen molar-refractivity contribution in [2.45, 2.75) is 0 Å². The molecule has 57 heavy (non-hydrogen) atoms. The van der Waals surface area contributed by atoms with Crippen LogP contribution in [0.25, 0.3) is 98.8 Å². The number of fused-ring (bicyclic) bond motifs is 10. The smallest absolute Gasteiger partial charge is 0.157 e. The van der Waals surface area contributed by atoms with Crippen LogP contribution in [0.15, 0.2) is 130 Å². The van der Waals surface area contributed by atoms with Crippen LogP contribution in [-0.2, 0) is 0 Å². The minimum atomic E-state index is -0.388. The second-order valence-electron chi connectivity index (χ2n) is 13.9. The molecule has 0 aliphatic rings. The van der Waals surface area contributed by atoms with E-state index < -0.39 is 0 Å². The summed E-state index contributed by atoms with van der Waals surface area (Å²) in [6.07, 6.45) is 0.745. The monoisotopic (exact) mass is 752 g/mol. The zero-order valence-corrected chi connectivity index (χ0v) is 31.4. The normalized spacial score (nSPS) is 11.7. The minimum Gasteiger partial charge on any atom is -0.496 e. The van der Waals surface area contributed by atoms with Crippen LogP contribution < -0.4 is 18.9 Å². The highest BCUT2D eigenvalue weighted by atomic mass is 19.1. The molecular weight excluding hydrogens is 720 g/mol. The van der Waals surface area contributed by atoms with Gasteiger partial charge >= 0.3 is 0 Å². The van der Waals surface area contributed by atoms with E-state index in [-0.39, 0.29) is 5.82 Å². The number of hydrogen-bond donors (Lipinski definition) is 0. The first-order valence-electron chi connectivity index (χ1n) is 18.3. The standard InChI is InChI=1S/C49H33FO7/c1-52-33-22-40(54-3)45-42(23-33)56-47-37(20-28-12-8-9-13-34(28)43(45)47)30-17-29(18-32(50)19-30)27-14-15-35-31(16-27)21-36(26-10-6-5-7-11-26)48-44(35)46-41(55-4)24-39(53-2)38(25-51)49(46)57-48/h5-25H,1-4H3. The summed E-state index contributed by atoms with van der Waals surface area (Å²) in [5.74, 6) is 1.70. The minimum absolute atomic E-state index is 0.297. The lowest BCUT2D eigenvalue weighted by Crippen LogP contribution is -1.94. The first kappa shape index (κ1) is 34.2. The van der Waals surface area contributed by atoms with E-state index in [0.29, 0.717) is 67.4 Å². The van der Waals surface area contributed by atoms with Crippen LogP contribution in [0, 0.1) is 5.82 Å². The third-order valence-corrected chi connectivity index (χ3v) is 10.9. The van der Waals surface area contributed by atoms with Gasteiger partial charge < -0.3 is 27.8 Å². The van der Waals surface area contributed by atoms with Crippen molar-refractivity contribution in [3.8, 4) is 56.4 Å².